The Morgan fingerprint density at radius 2 is 2.18 bits per heavy atom. The van der Waals surface area contributed by atoms with Crippen molar-refractivity contribution in [3.63, 3.8) is 0 Å². The Kier molecular flexibility index (Phi) is 2.15. The van der Waals surface area contributed by atoms with Crippen LogP contribution < -0.4 is 5.32 Å². The van der Waals surface area contributed by atoms with E-state index in [0.29, 0.717) is 5.56 Å². The molecule has 2 nitrogen and oxygen atoms in total. The highest BCUT2D eigenvalue weighted by atomic mass is 19.1. The molecule has 0 atom stereocenters. The summed E-state index contributed by atoms with van der Waals surface area (Å²) in [7, 11) is 0. The summed E-state index contributed by atoms with van der Waals surface area (Å²) in [5, 5.41) is 4.28. The van der Waals surface area contributed by atoms with Gasteiger partial charge in [0.1, 0.15) is 5.82 Å². The Bertz CT molecular complexity index is 644. The molecule has 0 fully saturated rings. The van der Waals surface area contributed by atoms with Crippen molar-refractivity contribution in [2.45, 2.75) is 20.4 Å². The Hall–Kier alpha value is -1.90. The minimum absolute atomic E-state index is 0.196. The van der Waals surface area contributed by atoms with Crippen molar-refractivity contribution in [2.24, 2.45) is 0 Å². The third-order valence-corrected chi connectivity index (χ3v) is 3.19. The highest BCUT2D eigenvalue weighted by molar-refractivity contribution is 5.84. The molecule has 0 unspecified atom stereocenters. The van der Waals surface area contributed by atoms with Gasteiger partial charge in [-0.1, -0.05) is 6.08 Å². The summed E-state index contributed by atoms with van der Waals surface area (Å²) in [6.45, 7) is 4.55. The van der Waals surface area contributed by atoms with Crippen molar-refractivity contribution in [1.82, 2.24) is 10.3 Å². The monoisotopic (exact) mass is 228 g/mol. The van der Waals surface area contributed by atoms with Gasteiger partial charge in [0.2, 0.25) is 0 Å². The number of fused-ring (bicyclic) bond motifs is 2. The fourth-order valence-corrected chi connectivity index (χ4v) is 2.24. The van der Waals surface area contributed by atoms with Gasteiger partial charge in [-0.3, -0.25) is 0 Å². The molecule has 1 N–H and O–H groups in total. The van der Waals surface area contributed by atoms with Gasteiger partial charge in [-0.05, 0) is 37.1 Å². The zero-order valence-corrected chi connectivity index (χ0v) is 9.84. The van der Waals surface area contributed by atoms with E-state index in [2.05, 4.69) is 16.4 Å². The van der Waals surface area contributed by atoms with Gasteiger partial charge in [0.05, 0.1) is 16.9 Å². The van der Waals surface area contributed by atoms with E-state index in [1.807, 2.05) is 19.1 Å². The summed E-state index contributed by atoms with van der Waals surface area (Å²) in [5.41, 5.74) is 4.54. The molecule has 0 amide bonds. The summed E-state index contributed by atoms with van der Waals surface area (Å²) >= 11 is 0. The lowest BCUT2D eigenvalue weighted by molar-refractivity contribution is 0.620. The van der Waals surface area contributed by atoms with Gasteiger partial charge >= 0.3 is 0 Å². The average Bonchev–Trinajstić information content (AvgIpc) is 2.70. The third-order valence-electron chi connectivity index (χ3n) is 3.19. The minimum Gasteiger partial charge on any atom is -0.379 e. The first-order chi connectivity index (χ1) is 8.19. The number of pyridine rings is 1. The van der Waals surface area contributed by atoms with Gasteiger partial charge in [-0.25, -0.2) is 9.37 Å². The van der Waals surface area contributed by atoms with Crippen molar-refractivity contribution < 1.29 is 4.39 Å². The van der Waals surface area contributed by atoms with Gasteiger partial charge in [0.25, 0.3) is 0 Å². The van der Waals surface area contributed by atoms with E-state index in [-0.39, 0.29) is 5.82 Å². The van der Waals surface area contributed by atoms with Gasteiger partial charge in [-0.15, -0.1) is 0 Å². The number of benzene rings is 1. The Labute approximate surface area is 99.2 Å². The molecule has 1 aromatic carbocycles. The summed E-state index contributed by atoms with van der Waals surface area (Å²) in [4.78, 5) is 4.54. The van der Waals surface area contributed by atoms with Gasteiger partial charge in [0.15, 0.2) is 0 Å². The molecule has 2 heterocycles. The molecule has 2 aromatic rings. The smallest absolute Gasteiger partial charge is 0.128 e. The number of halogens is 1. The first-order valence-corrected chi connectivity index (χ1v) is 5.69. The van der Waals surface area contributed by atoms with Gasteiger partial charge in [-0.2, -0.15) is 0 Å². The molecule has 0 bridgehead atoms. The normalized spacial score (nSPS) is 16.3. The maximum atomic E-state index is 13.5. The van der Waals surface area contributed by atoms with Crippen LogP contribution in [0.25, 0.3) is 16.6 Å². The second-order valence-corrected chi connectivity index (χ2v) is 4.35. The summed E-state index contributed by atoms with van der Waals surface area (Å²) in [6, 6.07) is 5.45. The van der Waals surface area contributed by atoms with Crippen molar-refractivity contribution in [1.29, 1.82) is 0 Å². The van der Waals surface area contributed by atoms with E-state index in [4.69, 9.17) is 0 Å². The lowest BCUT2D eigenvalue weighted by Crippen LogP contribution is -1.99. The molecule has 0 radical (unpaired) electrons. The number of nitrogens with zero attached hydrogens (tertiary/aromatic N) is 1. The molecule has 3 rings (SSSR count). The van der Waals surface area contributed by atoms with Crippen LogP contribution in [0.3, 0.4) is 0 Å². The van der Waals surface area contributed by atoms with Crippen LogP contribution >= 0.6 is 0 Å². The van der Waals surface area contributed by atoms with Crippen molar-refractivity contribution >= 4 is 16.6 Å². The lowest BCUT2D eigenvalue weighted by atomic mass is 10.1. The maximum absolute atomic E-state index is 13.5. The molecule has 0 aliphatic carbocycles. The molecule has 0 saturated heterocycles. The molecule has 0 saturated carbocycles. The predicted molar refractivity (Wildman–Crippen MR) is 66.9 cm³/mol. The molecule has 86 valence electrons. The van der Waals surface area contributed by atoms with E-state index in [1.165, 1.54) is 11.6 Å². The third kappa shape index (κ3) is 1.50. The van der Waals surface area contributed by atoms with E-state index >= 15 is 0 Å². The molecule has 0 spiro atoms. The van der Waals surface area contributed by atoms with Crippen LogP contribution in [0, 0.1) is 12.7 Å². The van der Waals surface area contributed by atoms with Crippen LogP contribution in [0.5, 0.6) is 0 Å². The largest absolute Gasteiger partial charge is 0.379 e. The molecule has 17 heavy (non-hydrogen) atoms. The van der Waals surface area contributed by atoms with Crippen molar-refractivity contribution in [3.8, 4) is 0 Å². The van der Waals surface area contributed by atoms with Crippen LogP contribution in [0.1, 0.15) is 23.7 Å². The zero-order valence-electron chi connectivity index (χ0n) is 9.84. The average molecular weight is 228 g/mol. The SMILES string of the molecule is C/C=C1\NCc2cc3cc(C)c(F)cc3nc21. The second kappa shape index (κ2) is 3.55. The van der Waals surface area contributed by atoms with Crippen LogP contribution in [0.4, 0.5) is 4.39 Å². The van der Waals surface area contributed by atoms with Gasteiger partial charge < -0.3 is 5.32 Å². The highest BCUT2D eigenvalue weighted by Crippen LogP contribution is 2.27. The van der Waals surface area contributed by atoms with Crippen LogP contribution in [0.2, 0.25) is 0 Å². The van der Waals surface area contributed by atoms with Crippen LogP contribution in [-0.4, -0.2) is 4.98 Å². The quantitative estimate of drug-likeness (QED) is 0.749. The van der Waals surface area contributed by atoms with Gasteiger partial charge in [0, 0.05) is 18.0 Å². The van der Waals surface area contributed by atoms with E-state index in [0.717, 1.165) is 28.8 Å². The number of rotatable bonds is 0. The maximum Gasteiger partial charge on any atom is 0.128 e. The van der Waals surface area contributed by atoms with E-state index in [9.17, 15) is 4.39 Å². The standard InChI is InChI=1S/C14H13FN2/c1-3-12-14-10(7-16-12)5-9-4-8(2)11(15)6-13(9)17-14/h3-6,16H,7H2,1-2H3/b12-3-. The van der Waals surface area contributed by atoms with Crippen LogP contribution in [-0.2, 0) is 6.54 Å². The summed E-state index contributed by atoms with van der Waals surface area (Å²) < 4.78 is 13.5. The fourth-order valence-electron chi connectivity index (χ4n) is 2.24. The molecule has 1 aliphatic rings. The number of nitrogens with one attached hydrogen (secondary N) is 1. The number of allylic oxidation sites excluding steroid dienone is 1. The molecule has 3 heteroatoms. The molecular formula is C14H13FN2. The number of hydrogen-bond acceptors (Lipinski definition) is 2. The van der Waals surface area contributed by atoms with Crippen molar-refractivity contribution in [2.75, 3.05) is 0 Å². The summed E-state index contributed by atoms with van der Waals surface area (Å²) in [6.07, 6.45) is 2.00. The van der Waals surface area contributed by atoms with Crippen molar-refractivity contribution in [3.05, 3.63) is 46.9 Å². The Morgan fingerprint density at radius 3 is 2.94 bits per heavy atom. The first-order valence-electron chi connectivity index (χ1n) is 5.69. The fraction of sp³-hybridized carbons (Fsp3) is 0.214. The van der Waals surface area contributed by atoms with Crippen LogP contribution in [0.15, 0.2) is 24.3 Å². The highest BCUT2D eigenvalue weighted by Gasteiger charge is 2.17. The Balaban J connectivity index is 2.32. The molecule has 1 aromatic heterocycles. The first kappa shape index (κ1) is 10.3. The minimum atomic E-state index is -0.196. The predicted octanol–water partition coefficient (Wildman–Crippen LogP) is 3.15. The second-order valence-electron chi connectivity index (χ2n) is 4.35. The topological polar surface area (TPSA) is 24.9 Å². The number of aromatic nitrogens is 1. The number of hydrogen-bond donors (Lipinski definition) is 1. The number of aryl methyl sites for hydroxylation is 1. The lowest BCUT2D eigenvalue weighted by Gasteiger charge is -2.04. The molecule has 1 aliphatic heterocycles. The molecular weight excluding hydrogens is 215 g/mol. The summed E-state index contributed by atoms with van der Waals surface area (Å²) in [5.74, 6) is -0.196. The van der Waals surface area contributed by atoms with E-state index in [1.54, 1.807) is 6.92 Å². The zero-order chi connectivity index (χ0) is 12.0. The van der Waals surface area contributed by atoms with E-state index < -0.39 is 0 Å². The Morgan fingerprint density at radius 1 is 1.35 bits per heavy atom.